The molecule has 18 heavy (non-hydrogen) atoms. The highest BCUT2D eigenvalue weighted by Crippen LogP contribution is 2.00. The Morgan fingerprint density at radius 2 is 1.61 bits per heavy atom. The summed E-state index contributed by atoms with van der Waals surface area (Å²) in [5.41, 5.74) is 0. The van der Waals surface area contributed by atoms with Gasteiger partial charge in [0.2, 0.25) is 0 Å². The number of carbonyl (C=O) groups is 1. The number of esters is 1. The summed E-state index contributed by atoms with van der Waals surface area (Å²) in [6.07, 6.45) is 5.01. The molecule has 0 spiro atoms. The first-order valence-electron chi connectivity index (χ1n) is 6.73. The van der Waals surface area contributed by atoms with E-state index in [9.17, 15) is 4.79 Å². The van der Waals surface area contributed by atoms with Gasteiger partial charge in [-0.05, 0) is 12.8 Å². The van der Waals surface area contributed by atoms with Crippen LogP contribution in [0, 0.1) is 0 Å². The average molecular weight is 258 g/mol. The second-order valence-corrected chi connectivity index (χ2v) is 4.12. The number of rotatable bonds is 12. The zero-order valence-corrected chi connectivity index (χ0v) is 11.7. The largest absolute Gasteiger partial charge is 0.454 e. The minimum Gasteiger partial charge on any atom is -0.454 e. The molecule has 0 aliphatic rings. The fraction of sp³-hybridized carbons (Fsp3) is 0.786. The van der Waals surface area contributed by atoms with Crippen LogP contribution in [-0.2, 0) is 19.0 Å². The Balaban J connectivity index is 3.84. The molecule has 0 unspecified atom stereocenters. The van der Waals surface area contributed by atoms with Crippen LogP contribution in [0.25, 0.3) is 0 Å². The molecular weight excluding hydrogens is 232 g/mol. The monoisotopic (exact) mass is 258 g/mol. The summed E-state index contributed by atoms with van der Waals surface area (Å²) in [4.78, 5) is 11.1. The molecule has 0 saturated carbocycles. The fourth-order valence-electron chi connectivity index (χ4n) is 1.25. The third-order valence-corrected chi connectivity index (χ3v) is 2.34. The van der Waals surface area contributed by atoms with Gasteiger partial charge in [0.15, 0.2) is 0 Å². The first-order chi connectivity index (χ1) is 8.74. The second kappa shape index (κ2) is 12.6. The van der Waals surface area contributed by atoms with Crippen molar-refractivity contribution in [2.24, 2.45) is 0 Å². The predicted octanol–water partition coefficient (Wildman–Crippen LogP) is 2.72. The number of hydrogen-bond acceptors (Lipinski definition) is 4. The zero-order chi connectivity index (χ0) is 13.6. The van der Waals surface area contributed by atoms with Crippen molar-refractivity contribution in [3.63, 3.8) is 0 Å². The van der Waals surface area contributed by atoms with E-state index in [2.05, 4.69) is 20.4 Å². The summed E-state index contributed by atoms with van der Waals surface area (Å²) in [6.45, 7) is 9.72. The topological polar surface area (TPSA) is 44.8 Å². The van der Waals surface area contributed by atoms with Crippen molar-refractivity contribution in [1.29, 1.82) is 0 Å². The highest BCUT2D eigenvalue weighted by atomic mass is 16.6. The van der Waals surface area contributed by atoms with Crippen molar-refractivity contribution >= 4 is 5.97 Å². The van der Waals surface area contributed by atoms with Crippen LogP contribution in [0.2, 0.25) is 0 Å². The Hall–Kier alpha value is -0.870. The van der Waals surface area contributed by atoms with Gasteiger partial charge in [0.25, 0.3) is 0 Å². The van der Waals surface area contributed by atoms with Crippen molar-refractivity contribution in [1.82, 2.24) is 0 Å². The number of hydrogen-bond donors (Lipinski definition) is 0. The lowest BCUT2D eigenvalue weighted by atomic mass is 10.3. The standard InChI is InChI=1S/C14H26O4/c1-4-7-9-16-11-13(18-14(15)6-3)12-17-10-8-5-2/h6,13H,3-5,7-12H2,1-2H3. The van der Waals surface area contributed by atoms with Crippen LogP contribution >= 0.6 is 0 Å². The number of ether oxygens (including phenoxy) is 3. The number of unbranched alkanes of at least 4 members (excludes halogenated alkanes) is 2. The molecule has 0 radical (unpaired) electrons. The Bertz CT molecular complexity index is 204. The smallest absolute Gasteiger partial charge is 0.330 e. The van der Waals surface area contributed by atoms with E-state index in [1.54, 1.807) is 0 Å². The second-order valence-electron chi connectivity index (χ2n) is 4.12. The van der Waals surface area contributed by atoms with Crippen molar-refractivity contribution < 1.29 is 19.0 Å². The van der Waals surface area contributed by atoms with Crippen molar-refractivity contribution in [3.05, 3.63) is 12.7 Å². The van der Waals surface area contributed by atoms with Crippen LogP contribution in [0.1, 0.15) is 39.5 Å². The normalized spacial score (nSPS) is 10.6. The summed E-state index contributed by atoms with van der Waals surface area (Å²) in [5, 5.41) is 0. The Morgan fingerprint density at radius 1 is 1.11 bits per heavy atom. The Morgan fingerprint density at radius 3 is 2.00 bits per heavy atom. The van der Waals surface area contributed by atoms with Gasteiger partial charge in [0.05, 0.1) is 13.2 Å². The molecule has 0 saturated heterocycles. The highest BCUT2D eigenvalue weighted by Gasteiger charge is 2.13. The lowest BCUT2D eigenvalue weighted by Crippen LogP contribution is -2.28. The van der Waals surface area contributed by atoms with Crippen LogP contribution in [0.15, 0.2) is 12.7 Å². The lowest BCUT2D eigenvalue weighted by molar-refractivity contribution is -0.150. The maximum Gasteiger partial charge on any atom is 0.330 e. The first kappa shape index (κ1) is 17.1. The summed E-state index contributed by atoms with van der Waals surface area (Å²) >= 11 is 0. The number of carbonyl (C=O) groups excluding carboxylic acids is 1. The van der Waals surface area contributed by atoms with E-state index in [1.807, 2.05) is 0 Å². The van der Waals surface area contributed by atoms with E-state index in [4.69, 9.17) is 14.2 Å². The molecule has 0 aliphatic carbocycles. The van der Waals surface area contributed by atoms with Gasteiger partial charge >= 0.3 is 5.97 Å². The summed E-state index contributed by atoms with van der Waals surface area (Å²) in [7, 11) is 0. The van der Waals surface area contributed by atoms with Gasteiger partial charge in [-0.15, -0.1) is 0 Å². The fourth-order valence-corrected chi connectivity index (χ4v) is 1.25. The highest BCUT2D eigenvalue weighted by molar-refractivity contribution is 5.81. The van der Waals surface area contributed by atoms with Crippen molar-refractivity contribution in [2.45, 2.75) is 45.6 Å². The van der Waals surface area contributed by atoms with Gasteiger partial charge < -0.3 is 14.2 Å². The summed E-state index contributed by atoms with van der Waals surface area (Å²) in [6, 6.07) is 0. The molecule has 106 valence electrons. The van der Waals surface area contributed by atoms with Crippen LogP contribution in [-0.4, -0.2) is 38.5 Å². The van der Waals surface area contributed by atoms with E-state index >= 15 is 0 Å². The van der Waals surface area contributed by atoms with Crippen LogP contribution in [0.5, 0.6) is 0 Å². The van der Waals surface area contributed by atoms with Gasteiger partial charge in [0.1, 0.15) is 6.10 Å². The molecule has 4 nitrogen and oxygen atoms in total. The SMILES string of the molecule is C=CC(=O)OC(COCCCC)COCCCC. The van der Waals surface area contributed by atoms with Gasteiger partial charge in [-0.25, -0.2) is 4.79 Å². The first-order valence-corrected chi connectivity index (χ1v) is 6.73. The molecule has 0 aromatic carbocycles. The van der Waals surface area contributed by atoms with Gasteiger partial charge in [0, 0.05) is 19.3 Å². The third-order valence-electron chi connectivity index (χ3n) is 2.34. The molecule has 0 aromatic rings. The molecule has 0 atom stereocenters. The van der Waals surface area contributed by atoms with Crippen molar-refractivity contribution in [2.75, 3.05) is 26.4 Å². The van der Waals surface area contributed by atoms with E-state index in [1.165, 1.54) is 0 Å². The molecular formula is C14H26O4. The van der Waals surface area contributed by atoms with E-state index in [0.717, 1.165) is 31.8 Å². The average Bonchev–Trinajstić information content (AvgIpc) is 2.39. The Kier molecular flexibility index (Phi) is 12.0. The lowest BCUT2D eigenvalue weighted by Gasteiger charge is -2.17. The molecule has 0 N–H and O–H groups in total. The molecule has 0 amide bonds. The van der Waals surface area contributed by atoms with E-state index < -0.39 is 5.97 Å². The maximum absolute atomic E-state index is 11.1. The Labute approximate surface area is 110 Å². The quantitative estimate of drug-likeness (QED) is 0.307. The van der Waals surface area contributed by atoms with Crippen LogP contribution < -0.4 is 0 Å². The molecule has 0 rings (SSSR count). The van der Waals surface area contributed by atoms with Crippen LogP contribution in [0.4, 0.5) is 0 Å². The third kappa shape index (κ3) is 10.3. The molecule has 0 heterocycles. The molecule has 0 aliphatic heterocycles. The summed E-state index contributed by atoms with van der Waals surface area (Å²) < 4.78 is 16.0. The maximum atomic E-state index is 11.1. The minimum absolute atomic E-state index is 0.343. The minimum atomic E-state index is -0.432. The molecule has 0 aromatic heterocycles. The molecule has 0 bridgehead atoms. The van der Waals surface area contributed by atoms with Crippen LogP contribution in [0.3, 0.4) is 0 Å². The van der Waals surface area contributed by atoms with Gasteiger partial charge in [-0.3, -0.25) is 0 Å². The van der Waals surface area contributed by atoms with E-state index in [-0.39, 0.29) is 6.10 Å². The van der Waals surface area contributed by atoms with E-state index in [0.29, 0.717) is 26.4 Å². The molecule has 0 fully saturated rings. The predicted molar refractivity (Wildman–Crippen MR) is 71.5 cm³/mol. The van der Waals surface area contributed by atoms with Crippen molar-refractivity contribution in [3.8, 4) is 0 Å². The van der Waals surface area contributed by atoms with Gasteiger partial charge in [-0.1, -0.05) is 33.3 Å². The molecule has 4 heteroatoms. The van der Waals surface area contributed by atoms with Gasteiger partial charge in [-0.2, -0.15) is 0 Å². The summed E-state index contributed by atoms with van der Waals surface area (Å²) in [5.74, 6) is -0.432. The zero-order valence-electron chi connectivity index (χ0n) is 11.7.